The number of ether oxygens (including phenoxy) is 5. The summed E-state index contributed by atoms with van der Waals surface area (Å²) in [5, 5.41) is 0. The molecule has 0 spiro atoms. The molecule has 2 aliphatic rings. The lowest BCUT2D eigenvalue weighted by atomic mass is 9.81. The molecule has 2 heterocycles. The highest BCUT2D eigenvalue weighted by Crippen LogP contribution is 2.52. The number of methoxy groups -OCH3 is 3. The molecule has 0 unspecified atom stereocenters. The summed E-state index contributed by atoms with van der Waals surface area (Å²) < 4.78 is 28.3. The summed E-state index contributed by atoms with van der Waals surface area (Å²) in [5.41, 5.74) is 1.22. The molecular weight excluding hydrogens is 388 g/mol. The molecule has 7 nitrogen and oxygen atoms in total. The predicted molar refractivity (Wildman–Crippen MR) is 108 cm³/mol. The zero-order chi connectivity index (χ0) is 21.6. The zero-order valence-corrected chi connectivity index (χ0v) is 17.7. The van der Waals surface area contributed by atoms with Crippen LogP contribution in [-0.4, -0.2) is 38.7 Å². The third kappa shape index (κ3) is 3.14. The summed E-state index contributed by atoms with van der Waals surface area (Å²) in [4.78, 5) is 25.2. The van der Waals surface area contributed by atoms with E-state index in [0.717, 1.165) is 5.56 Å². The van der Waals surface area contributed by atoms with Crippen molar-refractivity contribution in [3.63, 3.8) is 0 Å². The summed E-state index contributed by atoms with van der Waals surface area (Å²) in [6.45, 7) is 3.74. The Balaban J connectivity index is 1.97. The predicted octanol–water partition coefficient (Wildman–Crippen LogP) is 3.90. The van der Waals surface area contributed by atoms with Gasteiger partial charge in [-0.25, -0.2) is 0 Å². The van der Waals surface area contributed by atoms with Crippen LogP contribution in [0.1, 0.15) is 54.1 Å². The first-order valence-corrected chi connectivity index (χ1v) is 9.68. The van der Waals surface area contributed by atoms with E-state index < -0.39 is 11.5 Å². The summed E-state index contributed by atoms with van der Waals surface area (Å²) in [7, 11) is 4.61. The first-order valence-electron chi connectivity index (χ1n) is 9.68. The van der Waals surface area contributed by atoms with Gasteiger partial charge in [0.15, 0.2) is 17.3 Å². The molecule has 0 N–H and O–H groups in total. The lowest BCUT2D eigenvalue weighted by Crippen LogP contribution is -2.37. The van der Waals surface area contributed by atoms with E-state index in [2.05, 4.69) is 0 Å². The average Bonchev–Trinajstić information content (AvgIpc) is 2.70. The van der Waals surface area contributed by atoms with Crippen molar-refractivity contribution in [2.45, 2.75) is 38.2 Å². The SMILES string of the molecule is COc1ccc([C@@H]2CC(=O)Oc3ccc4c(c32)OC(C)(C)CC4=O)c(OC)c1OC. The van der Waals surface area contributed by atoms with E-state index >= 15 is 0 Å². The molecule has 0 saturated heterocycles. The van der Waals surface area contributed by atoms with Gasteiger partial charge >= 0.3 is 5.97 Å². The lowest BCUT2D eigenvalue weighted by molar-refractivity contribution is -0.135. The van der Waals surface area contributed by atoms with Crippen LogP contribution in [0.5, 0.6) is 28.7 Å². The number of benzene rings is 2. The van der Waals surface area contributed by atoms with E-state index in [1.165, 1.54) is 14.2 Å². The van der Waals surface area contributed by atoms with Crippen molar-refractivity contribution < 1.29 is 33.3 Å². The molecule has 1 atom stereocenters. The van der Waals surface area contributed by atoms with Gasteiger partial charge in [0, 0.05) is 17.0 Å². The highest BCUT2D eigenvalue weighted by molar-refractivity contribution is 6.01. The number of rotatable bonds is 4. The monoisotopic (exact) mass is 412 g/mol. The fourth-order valence-corrected chi connectivity index (χ4v) is 4.22. The fraction of sp³-hybridized carbons (Fsp3) is 0.391. The van der Waals surface area contributed by atoms with E-state index in [4.69, 9.17) is 23.7 Å². The van der Waals surface area contributed by atoms with Crippen LogP contribution in [0, 0.1) is 0 Å². The Morgan fingerprint density at radius 2 is 1.70 bits per heavy atom. The number of esters is 1. The van der Waals surface area contributed by atoms with Gasteiger partial charge in [0.1, 0.15) is 17.1 Å². The molecule has 0 radical (unpaired) electrons. The van der Waals surface area contributed by atoms with Crippen molar-refractivity contribution in [2.75, 3.05) is 21.3 Å². The van der Waals surface area contributed by atoms with Crippen LogP contribution in [0.2, 0.25) is 0 Å². The van der Waals surface area contributed by atoms with Crippen LogP contribution in [0.15, 0.2) is 24.3 Å². The third-order valence-corrected chi connectivity index (χ3v) is 5.47. The Bertz CT molecular complexity index is 1040. The van der Waals surface area contributed by atoms with Crippen LogP contribution in [0.3, 0.4) is 0 Å². The van der Waals surface area contributed by atoms with Crippen molar-refractivity contribution in [3.05, 3.63) is 41.0 Å². The van der Waals surface area contributed by atoms with Crippen LogP contribution in [0.4, 0.5) is 0 Å². The highest BCUT2D eigenvalue weighted by atomic mass is 16.5. The maximum Gasteiger partial charge on any atom is 0.312 e. The van der Waals surface area contributed by atoms with Gasteiger partial charge in [-0.15, -0.1) is 0 Å². The fourth-order valence-electron chi connectivity index (χ4n) is 4.22. The normalized spacial score (nSPS) is 19.2. The Labute approximate surface area is 174 Å². The highest BCUT2D eigenvalue weighted by Gasteiger charge is 2.41. The van der Waals surface area contributed by atoms with E-state index in [0.29, 0.717) is 39.9 Å². The first-order chi connectivity index (χ1) is 14.3. The molecule has 0 fully saturated rings. The van der Waals surface area contributed by atoms with Gasteiger partial charge in [0.05, 0.1) is 39.7 Å². The first kappa shape index (κ1) is 20.1. The maximum absolute atomic E-state index is 12.8. The van der Waals surface area contributed by atoms with Gasteiger partial charge in [0.2, 0.25) is 5.75 Å². The number of fused-ring (bicyclic) bond motifs is 3. The van der Waals surface area contributed by atoms with Gasteiger partial charge in [-0.05, 0) is 32.0 Å². The molecule has 2 aliphatic heterocycles. The molecule has 2 aromatic rings. The second-order valence-electron chi connectivity index (χ2n) is 7.97. The van der Waals surface area contributed by atoms with Crippen molar-refractivity contribution >= 4 is 11.8 Å². The second kappa shape index (κ2) is 7.23. The molecule has 0 amide bonds. The van der Waals surface area contributed by atoms with Crippen LogP contribution in [-0.2, 0) is 4.79 Å². The largest absolute Gasteiger partial charge is 0.493 e. The van der Waals surface area contributed by atoms with Crippen molar-refractivity contribution in [1.82, 2.24) is 0 Å². The van der Waals surface area contributed by atoms with Crippen LogP contribution >= 0.6 is 0 Å². The number of carbonyl (C=O) groups is 2. The van der Waals surface area contributed by atoms with Gasteiger partial charge in [-0.3, -0.25) is 9.59 Å². The third-order valence-electron chi connectivity index (χ3n) is 5.47. The van der Waals surface area contributed by atoms with Crippen molar-refractivity contribution in [1.29, 1.82) is 0 Å². The van der Waals surface area contributed by atoms with Crippen LogP contribution < -0.4 is 23.7 Å². The molecule has 0 aliphatic carbocycles. The summed E-state index contributed by atoms with van der Waals surface area (Å²) in [6.07, 6.45) is 0.357. The molecule has 4 rings (SSSR count). The average molecular weight is 412 g/mol. The van der Waals surface area contributed by atoms with E-state index in [1.807, 2.05) is 19.9 Å². The van der Waals surface area contributed by atoms with E-state index in [9.17, 15) is 9.59 Å². The number of ketones is 1. The standard InChI is InChI=1S/C23H24O7/c1-23(2)11-15(24)13-7-8-16-19(20(13)30-23)14(10-18(25)29-16)12-6-9-17(26-3)22(28-5)21(12)27-4/h6-9,14H,10-11H2,1-5H3/t14-/m0/s1. The zero-order valence-electron chi connectivity index (χ0n) is 17.7. The Hall–Kier alpha value is -3.22. The quantitative estimate of drug-likeness (QED) is 0.557. The molecule has 0 aromatic heterocycles. The van der Waals surface area contributed by atoms with E-state index in [-0.39, 0.29) is 24.6 Å². The molecule has 2 aromatic carbocycles. The smallest absolute Gasteiger partial charge is 0.312 e. The van der Waals surface area contributed by atoms with Crippen molar-refractivity contribution in [3.8, 4) is 28.7 Å². The molecule has 0 bridgehead atoms. The molecule has 0 saturated carbocycles. The molecule has 158 valence electrons. The lowest BCUT2D eigenvalue weighted by Gasteiger charge is -2.36. The number of hydrogen-bond donors (Lipinski definition) is 0. The number of hydrogen-bond acceptors (Lipinski definition) is 7. The molecular formula is C23H24O7. The Morgan fingerprint density at radius 3 is 2.37 bits per heavy atom. The van der Waals surface area contributed by atoms with E-state index in [1.54, 1.807) is 25.3 Å². The van der Waals surface area contributed by atoms with Crippen molar-refractivity contribution in [2.24, 2.45) is 0 Å². The summed E-state index contributed by atoms with van der Waals surface area (Å²) >= 11 is 0. The molecule has 30 heavy (non-hydrogen) atoms. The van der Waals surface area contributed by atoms with Gasteiger partial charge in [-0.1, -0.05) is 6.07 Å². The molecule has 7 heteroatoms. The number of Topliss-reactive ketones (excluding diaryl/α,β-unsaturated/α-hetero) is 1. The summed E-state index contributed by atoms with van der Waals surface area (Å²) in [6, 6.07) is 6.92. The topological polar surface area (TPSA) is 80.3 Å². The minimum atomic E-state index is -0.660. The maximum atomic E-state index is 12.8. The summed E-state index contributed by atoms with van der Waals surface area (Å²) in [5.74, 6) is 1.44. The minimum absolute atomic E-state index is 0.000948. The Morgan fingerprint density at radius 1 is 0.967 bits per heavy atom. The number of carbonyl (C=O) groups excluding carboxylic acids is 2. The van der Waals surface area contributed by atoms with Gasteiger partial charge in [0.25, 0.3) is 0 Å². The minimum Gasteiger partial charge on any atom is -0.493 e. The van der Waals surface area contributed by atoms with Gasteiger partial charge < -0.3 is 23.7 Å². The van der Waals surface area contributed by atoms with Gasteiger partial charge in [-0.2, -0.15) is 0 Å². The second-order valence-corrected chi connectivity index (χ2v) is 7.97. The van der Waals surface area contributed by atoms with Crippen LogP contribution in [0.25, 0.3) is 0 Å². The Kier molecular flexibility index (Phi) is 4.84.